The molecule has 5 rings (SSSR count). The fourth-order valence-corrected chi connectivity index (χ4v) is 6.61. The van der Waals surface area contributed by atoms with E-state index >= 15 is 0 Å². The molecule has 0 unspecified atom stereocenters. The molecule has 0 bridgehead atoms. The van der Waals surface area contributed by atoms with E-state index in [1.54, 1.807) is 0 Å². The summed E-state index contributed by atoms with van der Waals surface area (Å²) in [4.78, 5) is 25.9. The van der Waals surface area contributed by atoms with E-state index in [0.717, 1.165) is 85.4 Å². The Hall–Kier alpha value is -4.26. The Balaban J connectivity index is 0.000000218. The molecule has 0 aliphatic heterocycles. The number of benzene rings is 3. The van der Waals surface area contributed by atoms with E-state index in [1.807, 2.05) is 102 Å². The van der Waals surface area contributed by atoms with Crippen LogP contribution in [0.5, 0.6) is 0 Å². The van der Waals surface area contributed by atoms with Crippen LogP contribution in [0.1, 0.15) is 101 Å². The van der Waals surface area contributed by atoms with Gasteiger partial charge in [-0.1, -0.05) is 114 Å². The van der Waals surface area contributed by atoms with Crippen LogP contribution in [0.15, 0.2) is 97.3 Å². The molecule has 1 aliphatic carbocycles. The number of nitrogens with one attached hydrogen (secondary N) is 2. The second kappa shape index (κ2) is 16.5. The van der Waals surface area contributed by atoms with Crippen molar-refractivity contribution in [3.05, 3.63) is 114 Å². The van der Waals surface area contributed by atoms with Crippen molar-refractivity contribution in [1.29, 1.82) is 0 Å². The van der Waals surface area contributed by atoms with E-state index in [-0.39, 0.29) is 17.9 Å². The Morgan fingerprint density at radius 1 is 0.766 bits per heavy atom. The molecule has 0 radical (unpaired) electrons. The average Bonchev–Trinajstić information content (AvgIpc) is 3.70. The zero-order valence-electron chi connectivity index (χ0n) is 28.2. The Labute approximate surface area is 278 Å². The molecule has 5 nitrogen and oxygen atoms in total. The van der Waals surface area contributed by atoms with Crippen LogP contribution in [0.3, 0.4) is 0 Å². The van der Waals surface area contributed by atoms with Crippen molar-refractivity contribution >= 4 is 11.8 Å². The molecule has 47 heavy (non-hydrogen) atoms. The van der Waals surface area contributed by atoms with E-state index in [0.29, 0.717) is 6.42 Å². The van der Waals surface area contributed by atoms with E-state index < -0.39 is 17.9 Å². The molecule has 0 spiro atoms. The van der Waals surface area contributed by atoms with Crippen LogP contribution in [-0.2, 0) is 10.2 Å². The number of fused-ring (bicyclic) bond motifs is 3. The second-order valence-corrected chi connectivity index (χ2v) is 12.6. The van der Waals surface area contributed by atoms with Crippen molar-refractivity contribution in [2.24, 2.45) is 0 Å². The first-order chi connectivity index (χ1) is 22.7. The summed E-state index contributed by atoms with van der Waals surface area (Å²) in [5.74, 6) is -3.24. The van der Waals surface area contributed by atoms with Gasteiger partial charge in [-0.2, -0.15) is 0 Å². The minimum Gasteiger partial charge on any atom is -0.349 e. The molecule has 4 aromatic rings. The van der Waals surface area contributed by atoms with Gasteiger partial charge in [-0.15, -0.1) is 0 Å². The Kier molecular flexibility index (Phi) is 12.5. The highest BCUT2D eigenvalue weighted by molar-refractivity contribution is 6.00. The summed E-state index contributed by atoms with van der Waals surface area (Å²) in [5.41, 5.74) is 4.66. The molecule has 1 heterocycles. The summed E-state index contributed by atoms with van der Waals surface area (Å²) in [6.07, 6.45) is 11.7. The van der Waals surface area contributed by atoms with Gasteiger partial charge in [0.05, 0.1) is 17.8 Å². The molecular formula is C40H49F2N3O2. The predicted octanol–water partition coefficient (Wildman–Crippen LogP) is 9.48. The smallest absolute Gasteiger partial charge is 0.262 e. The number of aromatic nitrogens is 1. The average molecular weight is 642 g/mol. The maximum atomic E-state index is 13.4. The third kappa shape index (κ3) is 8.56. The second-order valence-electron chi connectivity index (χ2n) is 12.6. The van der Waals surface area contributed by atoms with Crippen molar-refractivity contribution in [2.45, 2.75) is 96.4 Å². The van der Waals surface area contributed by atoms with Gasteiger partial charge in [-0.3, -0.25) is 9.59 Å². The van der Waals surface area contributed by atoms with Crippen LogP contribution in [-0.4, -0.2) is 34.9 Å². The van der Waals surface area contributed by atoms with E-state index in [2.05, 4.69) is 31.4 Å². The summed E-state index contributed by atoms with van der Waals surface area (Å²) in [6.45, 7) is 6.60. The molecule has 3 aromatic carbocycles. The van der Waals surface area contributed by atoms with Crippen LogP contribution in [0, 0.1) is 0 Å². The zero-order chi connectivity index (χ0) is 33.9. The first kappa shape index (κ1) is 35.6. The van der Waals surface area contributed by atoms with Crippen LogP contribution in [0.4, 0.5) is 8.78 Å². The van der Waals surface area contributed by atoms with Crippen molar-refractivity contribution < 1.29 is 18.4 Å². The molecule has 2 N–H and O–H groups in total. The fraction of sp³-hybridized carbons (Fsp3) is 0.400. The molecular weight excluding hydrogens is 592 g/mol. The molecule has 7 heteroatoms. The summed E-state index contributed by atoms with van der Waals surface area (Å²) < 4.78 is 28.7. The Morgan fingerprint density at radius 2 is 1.32 bits per heavy atom. The van der Waals surface area contributed by atoms with Crippen molar-refractivity contribution in [3.8, 4) is 16.8 Å². The number of para-hydroxylation sites is 1. The number of alkyl halides is 2. The van der Waals surface area contributed by atoms with Gasteiger partial charge in [0.2, 0.25) is 5.91 Å². The molecule has 0 fully saturated rings. The fourth-order valence-electron chi connectivity index (χ4n) is 6.61. The molecule has 0 saturated carbocycles. The third-order valence-corrected chi connectivity index (χ3v) is 8.81. The van der Waals surface area contributed by atoms with Crippen LogP contribution < -0.4 is 10.6 Å². The number of hydrogen-bond acceptors (Lipinski definition) is 2. The van der Waals surface area contributed by atoms with Crippen LogP contribution in [0.25, 0.3) is 16.8 Å². The minimum absolute atomic E-state index is 0.0196. The van der Waals surface area contributed by atoms with Gasteiger partial charge in [-0.25, -0.2) is 8.78 Å². The van der Waals surface area contributed by atoms with Crippen LogP contribution in [0.2, 0.25) is 0 Å². The van der Waals surface area contributed by atoms with Gasteiger partial charge in [0.15, 0.2) is 0 Å². The lowest BCUT2D eigenvalue weighted by molar-refractivity contribution is -0.127. The summed E-state index contributed by atoms with van der Waals surface area (Å²) in [5, 5.41) is 5.71. The van der Waals surface area contributed by atoms with Gasteiger partial charge in [-0.05, 0) is 65.8 Å². The lowest BCUT2D eigenvalue weighted by Crippen LogP contribution is -2.47. The quantitative estimate of drug-likeness (QED) is 0.135. The number of nitrogens with zero attached hydrogens (tertiary/aromatic N) is 1. The van der Waals surface area contributed by atoms with Gasteiger partial charge in [0.25, 0.3) is 11.8 Å². The molecule has 2 amide bonds. The highest BCUT2D eigenvalue weighted by Gasteiger charge is 2.48. The number of carbonyl (C=O) groups excluding carboxylic acids is 2. The van der Waals surface area contributed by atoms with Gasteiger partial charge in [0.1, 0.15) is 5.41 Å². The van der Waals surface area contributed by atoms with Gasteiger partial charge >= 0.3 is 0 Å². The number of unbranched alkanes of at least 4 members (excludes halogenated alkanes) is 2. The zero-order valence-corrected chi connectivity index (χ0v) is 28.2. The normalized spacial score (nSPS) is 12.9. The summed E-state index contributed by atoms with van der Waals surface area (Å²) in [6, 6.07) is 27.6. The first-order valence-corrected chi connectivity index (χ1v) is 17.0. The Morgan fingerprint density at radius 3 is 1.87 bits per heavy atom. The number of amides is 2. The lowest BCUT2D eigenvalue weighted by Gasteiger charge is -2.31. The van der Waals surface area contributed by atoms with E-state index in [1.165, 1.54) is 0 Å². The van der Waals surface area contributed by atoms with Crippen LogP contribution >= 0.6 is 0 Å². The maximum absolute atomic E-state index is 13.4. The molecule has 0 atom stereocenters. The molecule has 1 aliphatic rings. The number of carbonyl (C=O) groups is 2. The Bertz CT molecular complexity index is 1540. The number of rotatable bonds is 14. The standard InChI is InChI=1S/C22H25F2NO.C18H24N2O/c1-3-4-9-14-22(20(26)25-15-21(2,23)24)18-12-7-5-10-16(18)17-11-6-8-13-19(17)22;1-3-9-15(10-4-2)19-18(21)16-11-5-6-12-17(16)20-13-7-8-14-20/h5-8,10-13H,3-4,9,14-15H2,1-2H3,(H,25,26);5-8,11-15H,3-4,9-10H2,1-2H3,(H,19,21). The van der Waals surface area contributed by atoms with Gasteiger partial charge < -0.3 is 15.2 Å². The number of hydrogen-bond donors (Lipinski definition) is 2. The van der Waals surface area contributed by atoms with E-state index in [4.69, 9.17) is 0 Å². The number of halogens is 2. The molecule has 0 saturated heterocycles. The highest BCUT2D eigenvalue weighted by atomic mass is 19.3. The predicted molar refractivity (Wildman–Crippen MR) is 187 cm³/mol. The third-order valence-electron chi connectivity index (χ3n) is 8.81. The maximum Gasteiger partial charge on any atom is 0.262 e. The summed E-state index contributed by atoms with van der Waals surface area (Å²) in [7, 11) is 0. The first-order valence-electron chi connectivity index (χ1n) is 17.0. The molecule has 1 aromatic heterocycles. The SMILES string of the molecule is CCCC(CCC)NC(=O)c1ccccc1-n1cccc1.CCCCCC1(C(=O)NCC(C)(F)F)c2ccccc2-c2ccccc21. The molecule has 250 valence electrons. The largest absolute Gasteiger partial charge is 0.349 e. The minimum atomic E-state index is -2.93. The van der Waals surface area contributed by atoms with Gasteiger partial charge in [0, 0.05) is 25.4 Å². The van der Waals surface area contributed by atoms with Crippen molar-refractivity contribution in [1.82, 2.24) is 15.2 Å². The lowest BCUT2D eigenvalue weighted by atomic mass is 9.73. The van der Waals surface area contributed by atoms with E-state index in [9.17, 15) is 18.4 Å². The van der Waals surface area contributed by atoms with Crippen molar-refractivity contribution in [2.75, 3.05) is 6.54 Å². The monoisotopic (exact) mass is 641 g/mol. The highest BCUT2D eigenvalue weighted by Crippen LogP contribution is 2.51. The van der Waals surface area contributed by atoms with Crippen molar-refractivity contribution in [3.63, 3.8) is 0 Å². The summed E-state index contributed by atoms with van der Waals surface area (Å²) >= 11 is 0. The topological polar surface area (TPSA) is 63.1 Å².